The number of hydrogen-bond donors (Lipinski definition) is 1. The molecule has 0 aromatic carbocycles. The van der Waals surface area contributed by atoms with E-state index in [2.05, 4.69) is 20.3 Å². The molecule has 0 aliphatic rings. The Balaban J connectivity index is 1.92. The molecule has 120 valence electrons. The maximum absolute atomic E-state index is 12.0. The van der Waals surface area contributed by atoms with E-state index in [1.165, 1.54) is 17.1 Å². The van der Waals surface area contributed by atoms with E-state index in [1.54, 1.807) is 13.2 Å². The highest BCUT2D eigenvalue weighted by molar-refractivity contribution is 14.1. The smallest absolute Gasteiger partial charge is 0.350 e. The van der Waals surface area contributed by atoms with Crippen molar-refractivity contribution in [1.29, 1.82) is 0 Å². The molecule has 7 nitrogen and oxygen atoms in total. The minimum absolute atomic E-state index is 0.254. The number of ether oxygens (including phenoxy) is 1. The van der Waals surface area contributed by atoms with Gasteiger partial charge in [-0.15, -0.1) is 0 Å². The minimum Gasteiger partial charge on any atom is -0.350 e. The molecule has 0 saturated heterocycles. The van der Waals surface area contributed by atoms with Crippen LogP contribution in [-0.4, -0.2) is 38.3 Å². The van der Waals surface area contributed by atoms with Gasteiger partial charge in [0.1, 0.15) is 13.3 Å². The van der Waals surface area contributed by atoms with Crippen LogP contribution in [0.2, 0.25) is 0 Å². The molecule has 0 bridgehead atoms. The number of rotatable bonds is 5. The Morgan fingerprint density at radius 1 is 1.45 bits per heavy atom. The van der Waals surface area contributed by atoms with Crippen molar-refractivity contribution < 1.29 is 22.7 Å². The van der Waals surface area contributed by atoms with Crippen LogP contribution < -0.4 is 5.32 Å². The zero-order chi connectivity index (χ0) is 16.3. The molecule has 0 unspecified atom stereocenters. The number of nitrogens with one attached hydrogen (secondary N) is 1. The summed E-state index contributed by atoms with van der Waals surface area (Å²) in [5.74, 6) is -0.430. The molecule has 2 aromatic heterocycles. The van der Waals surface area contributed by atoms with Crippen LogP contribution in [0.15, 0.2) is 18.6 Å². The molecule has 1 amide bonds. The summed E-state index contributed by atoms with van der Waals surface area (Å²) in [6.45, 7) is -1.73. The number of anilines is 1. The van der Waals surface area contributed by atoms with Crippen LogP contribution in [0.5, 0.6) is 0 Å². The fraction of sp³-hybridized carbons (Fsp3) is 0.364. The predicted molar refractivity (Wildman–Crippen MR) is 78.1 cm³/mol. The average molecular weight is 429 g/mol. The first-order valence-corrected chi connectivity index (χ1v) is 7.00. The van der Waals surface area contributed by atoms with E-state index in [-0.39, 0.29) is 12.4 Å². The highest BCUT2D eigenvalue weighted by Gasteiger charge is 2.27. The normalized spacial score (nSPS) is 11.7. The second-order valence-corrected chi connectivity index (χ2v) is 5.48. The molecule has 0 aliphatic heterocycles. The zero-order valence-electron chi connectivity index (χ0n) is 11.3. The van der Waals surface area contributed by atoms with E-state index in [0.29, 0.717) is 9.26 Å². The summed E-state index contributed by atoms with van der Waals surface area (Å²) in [4.78, 5) is 12.0. The van der Waals surface area contributed by atoms with Gasteiger partial charge in [0.25, 0.3) is 5.91 Å². The van der Waals surface area contributed by atoms with Gasteiger partial charge in [0.05, 0.1) is 21.7 Å². The Morgan fingerprint density at radius 2 is 2.18 bits per heavy atom. The fourth-order valence-corrected chi connectivity index (χ4v) is 2.31. The third kappa shape index (κ3) is 4.69. The first-order valence-electron chi connectivity index (χ1n) is 5.92. The SMILES string of the molecule is Cn1cc(I)c(C(=O)Nc2cnn(COCC(F)(F)F)c2)n1. The van der Waals surface area contributed by atoms with E-state index < -0.39 is 18.7 Å². The molecule has 0 radical (unpaired) electrons. The second-order valence-electron chi connectivity index (χ2n) is 4.31. The second kappa shape index (κ2) is 6.64. The molecule has 22 heavy (non-hydrogen) atoms. The van der Waals surface area contributed by atoms with Crippen LogP contribution in [0.4, 0.5) is 18.9 Å². The third-order valence-electron chi connectivity index (χ3n) is 2.38. The summed E-state index contributed by atoms with van der Waals surface area (Å²) in [6, 6.07) is 0. The summed E-state index contributed by atoms with van der Waals surface area (Å²) in [6.07, 6.45) is -0.0293. The number of halogens is 4. The highest BCUT2D eigenvalue weighted by Crippen LogP contribution is 2.15. The largest absolute Gasteiger partial charge is 0.411 e. The maximum Gasteiger partial charge on any atom is 0.411 e. The number of aryl methyl sites for hydroxylation is 1. The minimum atomic E-state index is -4.39. The lowest BCUT2D eigenvalue weighted by atomic mass is 10.4. The standard InChI is InChI=1S/C11H11F3IN5O2/c1-19-4-8(15)9(18-19)10(21)17-7-2-16-20(3-7)6-22-5-11(12,13)14/h2-4H,5-6H2,1H3,(H,17,21). The predicted octanol–water partition coefficient (Wildman–Crippen LogP) is 2.01. The van der Waals surface area contributed by atoms with Crippen LogP contribution in [0, 0.1) is 3.57 Å². The molecule has 2 rings (SSSR count). The van der Waals surface area contributed by atoms with Gasteiger partial charge in [-0.1, -0.05) is 0 Å². The van der Waals surface area contributed by atoms with Crippen LogP contribution in [0.3, 0.4) is 0 Å². The molecule has 0 saturated carbocycles. The summed E-state index contributed by atoms with van der Waals surface area (Å²) < 4.78 is 43.6. The summed E-state index contributed by atoms with van der Waals surface area (Å²) in [5.41, 5.74) is 0.589. The fourth-order valence-electron chi connectivity index (χ4n) is 1.56. The molecule has 2 aromatic rings. The van der Waals surface area contributed by atoms with Gasteiger partial charge in [-0.05, 0) is 22.6 Å². The quantitative estimate of drug-likeness (QED) is 0.739. The Morgan fingerprint density at radius 3 is 2.77 bits per heavy atom. The first kappa shape index (κ1) is 16.7. The van der Waals surface area contributed by atoms with Gasteiger partial charge in [0.2, 0.25) is 0 Å². The van der Waals surface area contributed by atoms with Crippen molar-refractivity contribution in [3.63, 3.8) is 0 Å². The Kier molecular flexibility index (Phi) is 5.05. The topological polar surface area (TPSA) is 74.0 Å². The monoisotopic (exact) mass is 429 g/mol. The Hall–Kier alpha value is -1.63. The number of amides is 1. The molecule has 0 atom stereocenters. The third-order valence-corrected chi connectivity index (χ3v) is 3.17. The van der Waals surface area contributed by atoms with Crippen LogP contribution >= 0.6 is 22.6 Å². The van der Waals surface area contributed by atoms with Crippen molar-refractivity contribution in [3.05, 3.63) is 27.9 Å². The highest BCUT2D eigenvalue weighted by atomic mass is 127. The number of aromatic nitrogens is 4. The molecule has 11 heteroatoms. The van der Waals surface area contributed by atoms with Crippen molar-refractivity contribution in [2.75, 3.05) is 11.9 Å². The van der Waals surface area contributed by atoms with E-state index in [1.807, 2.05) is 22.6 Å². The van der Waals surface area contributed by atoms with Crippen LogP contribution in [0.25, 0.3) is 0 Å². The number of nitrogens with zero attached hydrogens (tertiary/aromatic N) is 4. The number of alkyl halides is 3. The molecule has 0 aliphatic carbocycles. The maximum atomic E-state index is 12.0. The van der Waals surface area contributed by atoms with Crippen LogP contribution in [0.1, 0.15) is 10.5 Å². The van der Waals surface area contributed by atoms with Gasteiger partial charge < -0.3 is 10.1 Å². The van der Waals surface area contributed by atoms with Crippen molar-refractivity contribution in [3.8, 4) is 0 Å². The number of hydrogen-bond acceptors (Lipinski definition) is 4. The zero-order valence-corrected chi connectivity index (χ0v) is 13.4. The molecular formula is C11H11F3IN5O2. The van der Waals surface area contributed by atoms with E-state index in [4.69, 9.17) is 0 Å². The van der Waals surface area contributed by atoms with Gasteiger partial charge in [-0.3, -0.25) is 9.48 Å². The molecule has 0 fully saturated rings. The van der Waals surface area contributed by atoms with Crippen LogP contribution in [-0.2, 0) is 18.5 Å². The van der Waals surface area contributed by atoms with E-state index >= 15 is 0 Å². The summed E-state index contributed by atoms with van der Waals surface area (Å²) in [7, 11) is 1.69. The molecule has 2 heterocycles. The summed E-state index contributed by atoms with van der Waals surface area (Å²) in [5, 5.41) is 10.4. The number of carbonyl (C=O) groups excluding carboxylic acids is 1. The first-order chi connectivity index (χ1) is 10.2. The Bertz CT molecular complexity index is 667. The lowest BCUT2D eigenvalue weighted by Crippen LogP contribution is -2.18. The van der Waals surface area contributed by atoms with Gasteiger partial charge in [0, 0.05) is 13.2 Å². The van der Waals surface area contributed by atoms with Gasteiger partial charge in [-0.25, -0.2) is 4.68 Å². The molecule has 0 spiro atoms. The van der Waals surface area contributed by atoms with E-state index in [0.717, 1.165) is 4.68 Å². The summed E-state index contributed by atoms with van der Waals surface area (Å²) >= 11 is 1.98. The van der Waals surface area contributed by atoms with Gasteiger partial charge >= 0.3 is 6.18 Å². The van der Waals surface area contributed by atoms with Gasteiger partial charge in [-0.2, -0.15) is 23.4 Å². The van der Waals surface area contributed by atoms with Gasteiger partial charge in [0.15, 0.2) is 5.69 Å². The van der Waals surface area contributed by atoms with Crippen molar-refractivity contribution in [2.45, 2.75) is 12.9 Å². The van der Waals surface area contributed by atoms with Crippen molar-refractivity contribution >= 4 is 34.2 Å². The van der Waals surface area contributed by atoms with Crippen molar-refractivity contribution in [2.24, 2.45) is 7.05 Å². The Labute approximate surface area is 136 Å². The lowest BCUT2D eigenvalue weighted by molar-refractivity contribution is -0.182. The number of carbonyl (C=O) groups is 1. The van der Waals surface area contributed by atoms with E-state index in [9.17, 15) is 18.0 Å². The van der Waals surface area contributed by atoms with Crippen molar-refractivity contribution in [1.82, 2.24) is 19.6 Å². The average Bonchev–Trinajstić information content (AvgIpc) is 2.94. The lowest BCUT2D eigenvalue weighted by Gasteiger charge is -2.07. The molecule has 1 N–H and O–H groups in total. The molecular weight excluding hydrogens is 418 g/mol.